The lowest BCUT2D eigenvalue weighted by atomic mass is 10.2. The molecule has 0 radical (unpaired) electrons. The molecule has 1 aliphatic rings. The predicted molar refractivity (Wildman–Crippen MR) is 113 cm³/mol. The number of hydrogen-bond acceptors (Lipinski definition) is 6. The molecule has 2 aromatic carbocycles. The molecule has 0 heterocycles. The van der Waals surface area contributed by atoms with Crippen molar-refractivity contribution in [3.8, 4) is 11.5 Å². The van der Waals surface area contributed by atoms with Crippen LogP contribution in [0.1, 0.15) is 28.8 Å². The Bertz CT molecular complexity index is 924. The molecule has 0 spiro atoms. The average molecular weight is 426 g/mol. The largest absolute Gasteiger partial charge is 0.497 e. The number of rotatable bonds is 10. The molecule has 0 aromatic heterocycles. The summed E-state index contributed by atoms with van der Waals surface area (Å²) in [6.45, 7) is -0.266. The normalized spacial score (nSPS) is 12.6. The number of para-hydroxylation sites is 1. The van der Waals surface area contributed by atoms with Crippen LogP contribution in [0.2, 0.25) is 0 Å². The standard InChI is InChI=1S/C23H26N2O6/c1-29-18-11-7-16(8-12-18)14-25(17-9-10-17)21(26)15-31-22(27)13-24-23(28)19-5-3-4-6-20(19)30-2/h3-8,11-12,17H,9-10,13-15H2,1-2H3,(H,24,28). The third-order valence-corrected chi connectivity index (χ3v) is 4.92. The predicted octanol–water partition coefficient (Wildman–Crippen LogP) is 2.17. The van der Waals surface area contributed by atoms with Crippen molar-refractivity contribution in [1.29, 1.82) is 0 Å². The highest BCUT2D eigenvalue weighted by Crippen LogP contribution is 2.28. The van der Waals surface area contributed by atoms with Crippen molar-refractivity contribution in [2.45, 2.75) is 25.4 Å². The van der Waals surface area contributed by atoms with Gasteiger partial charge in [0, 0.05) is 12.6 Å². The first-order valence-corrected chi connectivity index (χ1v) is 10.0. The number of carbonyl (C=O) groups excluding carboxylic acids is 3. The second-order valence-corrected chi connectivity index (χ2v) is 7.14. The monoisotopic (exact) mass is 426 g/mol. The van der Waals surface area contributed by atoms with Crippen molar-refractivity contribution in [2.24, 2.45) is 0 Å². The van der Waals surface area contributed by atoms with Crippen LogP contribution in [0.4, 0.5) is 0 Å². The molecule has 1 aliphatic carbocycles. The van der Waals surface area contributed by atoms with E-state index in [4.69, 9.17) is 14.2 Å². The Morgan fingerprint density at radius 1 is 1.00 bits per heavy atom. The number of benzene rings is 2. The first-order valence-electron chi connectivity index (χ1n) is 10.0. The quantitative estimate of drug-likeness (QED) is 0.585. The third-order valence-electron chi connectivity index (χ3n) is 4.92. The molecule has 3 rings (SSSR count). The van der Waals surface area contributed by atoms with Gasteiger partial charge in [0.25, 0.3) is 11.8 Å². The molecule has 2 aromatic rings. The first kappa shape index (κ1) is 22.1. The van der Waals surface area contributed by atoms with E-state index in [-0.39, 0.29) is 25.1 Å². The second kappa shape index (κ2) is 10.5. The number of esters is 1. The van der Waals surface area contributed by atoms with Crippen molar-refractivity contribution in [2.75, 3.05) is 27.4 Å². The molecule has 8 nitrogen and oxygen atoms in total. The van der Waals surface area contributed by atoms with Gasteiger partial charge in [-0.1, -0.05) is 24.3 Å². The van der Waals surface area contributed by atoms with E-state index < -0.39 is 11.9 Å². The smallest absolute Gasteiger partial charge is 0.325 e. The van der Waals surface area contributed by atoms with Crippen LogP contribution in [-0.4, -0.2) is 56.1 Å². The minimum absolute atomic E-state index is 0.165. The molecule has 0 saturated heterocycles. The minimum Gasteiger partial charge on any atom is -0.497 e. The van der Waals surface area contributed by atoms with Crippen molar-refractivity contribution < 1.29 is 28.6 Å². The lowest BCUT2D eigenvalue weighted by Gasteiger charge is -2.22. The van der Waals surface area contributed by atoms with Crippen LogP contribution >= 0.6 is 0 Å². The topological polar surface area (TPSA) is 94.2 Å². The second-order valence-electron chi connectivity index (χ2n) is 7.14. The molecular weight excluding hydrogens is 400 g/mol. The molecule has 31 heavy (non-hydrogen) atoms. The molecule has 8 heteroatoms. The van der Waals surface area contributed by atoms with Crippen molar-refractivity contribution in [3.05, 3.63) is 59.7 Å². The molecule has 164 valence electrons. The minimum atomic E-state index is -0.684. The Morgan fingerprint density at radius 2 is 1.71 bits per heavy atom. The van der Waals surface area contributed by atoms with Crippen LogP contribution in [0.25, 0.3) is 0 Å². The maximum Gasteiger partial charge on any atom is 0.325 e. The fourth-order valence-electron chi connectivity index (χ4n) is 3.09. The Morgan fingerprint density at radius 3 is 2.35 bits per heavy atom. The van der Waals surface area contributed by atoms with Crippen LogP contribution in [0.15, 0.2) is 48.5 Å². The molecular formula is C23H26N2O6. The highest BCUT2D eigenvalue weighted by molar-refractivity contribution is 5.98. The zero-order chi connectivity index (χ0) is 22.2. The van der Waals surface area contributed by atoms with E-state index in [9.17, 15) is 14.4 Å². The molecule has 2 amide bonds. The molecule has 0 bridgehead atoms. The van der Waals surface area contributed by atoms with Gasteiger partial charge in [0.1, 0.15) is 18.0 Å². The van der Waals surface area contributed by atoms with Gasteiger partial charge in [-0.25, -0.2) is 0 Å². The fraction of sp³-hybridized carbons (Fsp3) is 0.348. The van der Waals surface area contributed by atoms with Crippen LogP contribution in [-0.2, 0) is 20.9 Å². The van der Waals surface area contributed by atoms with Gasteiger partial charge < -0.3 is 24.4 Å². The zero-order valence-electron chi connectivity index (χ0n) is 17.6. The number of amides is 2. The molecule has 1 N–H and O–H groups in total. The van der Waals surface area contributed by atoms with Crippen molar-refractivity contribution in [1.82, 2.24) is 10.2 Å². The zero-order valence-corrected chi connectivity index (χ0v) is 17.6. The summed E-state index contributed by atoms with van der Waals surface area (Å²) in [5, 5.41) is 2.48. The van der Waals surface area contributed by atoms with Gasteiger partial charge >= 0.3 is 5.97 Å². The Balaban J connectivity index is 1.47. The lowest BCUT2D eigenvalue weighted by Crippen LogP contribution is -2.37. The van der Waals surface area contributed by atoms with Crippen LogP contribution < -0.4 is 14.8 Å². The summed E-state index contributed by atoms with van der Waals surface area (Å²) in [6, 6.07) is 14.3. The summed E-state index contributed by atoms with van der Waals surface area (Å²) in [5.74, 6) is -0.251. The van der Waals surface area contributed by atoms with E-state index >= 15 is 0 Å². The van der Waals surface area contributed by atoms with Gasteiger partial charge in [-0.3, -0.25) is 14.4 Å². The van der Waals surface area contributed by atoms with Crippen molar-refractivity contribution in [3.63, 3.8) is 0 Å². The lowest BCUT2D eigenvalue weighted by molar-refractivity contribution is -0.151. The number of hydrogen-bond donors (Lipinski definition) is 1. The summed E-state index contributed by atoms with van der Waals surface area (Å²) in [6.07, 6.45) is 1.87. The fourth-order valence-corrected chi connectivity index (χ4v) is 3.09. The Hall–Kier alpha value is -3.55. The van der Waals surface area contributed by atoms with Gasteiger partial charge in [-0.2, -0.15) is 0 Å². The number of methoxy groups -OCH3 is 2. The molecule has 0 atom stereocenters. The number of nitrogens with one attached hydrogen (secondary N) is 1. The average Bonchev–Trinajstić information content (AvgIpc) is 3.65. The first-order chi connectivity index (χ1) is 15.0. The molecule has 1 fully saturated rings. The van der Waals surface area contributed by atoms with E-state index in [2.05, 4.69) is 5.32 Å². The van der Waals surface area contributed by atoms with E-state index in [0.717, 1.165) is 24.2 Å². The SMILES string of the molecule is COc1ccc(CN(C(=O)COC(=O)CNC(=O)c2ccccc2OC)C2CC2)cc1. The molecule has 0 aliphatic heterocycles. The van der Waals surface area contributed by atoms with Gasteiger partial charge in [-0.15, -0.1) is 0 Å². The van der Waals surface area contributed by atoms with Gasteiger partial charge in [0.05, 0.1) is 19.8 Å². The number of carbonyl (C=O) groups is 3. The maximum absolute atomic E-state index is 12.6. The van der Waals surface area contributed by atoms with Crippen molar-refractivity contribution >= 4 is 17.8 Å². The van der Waals surface area contributed by atoms with Gasteiger partial charge in [0.15, 0.2) is 6.61 Å². The Kier molecular flexibility index (Phi) is 7.48. The number of ether oxygens (including phenoxy) is 3. The van der Waals surface area contributed by atoms with Crippen LogP contribution in [0.5, 0.6) is 11.5 Å². The Labute approximate surface area is 181 Å². The summed E-state index contributed by atoms with van der Waals surface area (Å²) in [7, 11) is 3.06. The van der Waals surface area contributed by atoms with Gasteiger partial charge in [0.2, 0.25) is 0 Å². The summed E-state index contributed by atoms with van der Waals surface area (Å²) >= 11 is 0. The highest BCUT2D eigenvalue weighted by atomic mass is 16.5. The summed E-state index contributed by atoms with van der Waals surface area (Å²) in [4.78, 5) is 38.6. The maximum atomic E-state index is 12.6. The summed E-state index contributed by atoms with van der Waals surface area (Å²) < 4.78 is 15.4. The van der Waals surface area contributed by atoms with Crippen LogP contribution in [0, 0.1) is 0 Å². The van der Waals surface area contributed by atoms with E-state index in [1.54, 1.807) is 36.3 Å². The molecule has 0 unspecified atom stereocenters. The number of nitrogens with zero attached hydrogens (tertiary/aromatic N) is 1. The van der Waals surface area contributed by atoms with E-state index in [0.29, 0.717) is 17.9 Å². The highest BCUT2D eigenvalue weighted by Gasteiger charge is 2.33. The van der Waals surface area contributed by atoms with Gasteiger partial charge in [-0.05, 0) is 42.7 Å². The molecule has 1 saturated carbocycles. The van der Waals surface area contributed by atoms with E-state index in [1.165, 1.54) is 7.11 Å². The third kappa shape index (κ3) is 6.21. The summed E-state index contributed by atoms with van der Waals surface area (Å²) in [5.41, 5.74) is 1.28. The van der Waals surface area contributed by atoms with Crippen LogP contribution in [0.3, 0.4) is 0 Å². The van der Waals surface area contributed by atoms with E-state index in [1.807, 2.05) is 24.3 Å².